The second-order valence-corrected chi connectivity index (χ2v) is 5.95. The molecule has 3 aromatic heterocycles. The molecule has 2 N–H and O–H groups in total. The van der Waals surface area contributed by atoms with Crippen molar-refractivity contribution in [3.8, 4) is 5.82 Å². The van der Waals surface area contributed by atoms with Crippen molar-refractivity contribution in [3.63, 3.8) is 0 Å². The minimum absolute atomic E-state index is 0.258. The molecule has 0 saturated carbocycles. The Morgan fingerprint density at radius 2 is 2.00 bits per heavy atom. The lowest BCUT2D eigenvalue weighted by molar-refractivity contribution is 0.0941. The summed E-state index contributed by atoms with van der Waals surface area (Å²) in [5.74, 6) is 1.57. The molecule has 0 aliphatic heterocycles. The Morgan fingerprint density at radius 1 is 1.15 bits per heavy atom. The smallest absolute Gasteiger partial charge is 0.253 e. The van der Waals surface area contributed by atoms with E-state index in [2.05, 4.69) is 30.6 Å². The lowest BCUT2D eigenvalue weighted by atomic mass is 10.1. The fourth-order valence-electron chi connectivity index (χ4n) is 2.71. The van der Waals surface area contributed by atoms with Gasteiger partial charge in [-0.3, -0.25) is 9.89 Å². The van der Waals surface area contributed by atoms with Gasteiger partial charge in [-0.25, -0.2) is 14.6 Å². The van der Waals surface area contributed by atoms with Crippen LogP contribution in [0.5, 0.6) is 0 Å². The van der Waals surface area contributed by atoms with E-state index in [1.807, 2.05) is 43.3 Å². The molecule has 0 aliphatic rings. The van der Waals surface area contributed by atoms with Gasteiger partial charge < -0.3 is 5.32 Å². The number of hydrogen-bond donors (Lipinski definition) is 2. The molecule has 0 spiro atoms. The molecule has 0 bridgehead atoms. The van der Waals surface area contributed by atoms with Gasteiger partial charge in [0, 0.05) is 18.6 Å². The minimum Gasteiger partial charge on any atom is -0.338 e. The van der Waals surface area contributed by atoms with Crippen LogP contribution in [0.15, 0.2) is 67.1 Å². The Morgan fingerprint density at radius 3 is 2.63 bits per heavy atom. The van der Waals surface area contributed by atoms with Gasteiger partial charge in [0.15, 0.2) is 11.6 Å². The van der Waals surface area contributed by atoms with Gasteiger partial charge in [0.1, 0.15) is 11.9 Å². The Bertz CT molecular complexity index is 1020. The van der Waals surface area contributed by atoms with Crippen LogP contribution in [0, 0.1) is 6.92 Å². The molecule has 0 saturated heterocycles. The standard InChI is InChI=1S/C19H17N7O/c1-13-22-18(25-24-13)17(14-6-3-2-4-7-14)23-19(27)15-8-9-16(20-12-15)26-11-5-10-21-26/h2-12,17H,1H3,(H,23,27)(H,22,24,25). The van der Waals surface area contributed by atoms with E-state index in [1.54, 1.807) is 29.2 Å². The first kappa shape index (κ1) is 16.6. The van der Waals surface area contributed by atoms with Crippen molar-refractivity contribution in [2.24, 2.45) is 0 Å². The highest BCUT2D eigenvalue weighted by atomic mass is 16.1. The van der Waals surface area contributed by atoms with Crippen molar-refractivity contribution in [1.29, 1.82) is 0 Å². The number of carbonyl (C=O) groups is 1. The summed E-state index contributed by atoms with van der Waals surface area (Å²) >= 11 is 0. The SMILES string of the molecule is Cc1nc(C(NC(=O)c2ccc(-n3cccn3)nc2)c2ccccc2)n[nH]1. The molecule has 1 atom stereocenters. The molecule has 1 unspecified atom stereocenters. The zero-order valence-electron chi connectivity index (χ0n) is 14.6. The van der Waals surface area contributed by atoms with E-state index in [-0.39, 0.29) is 5.91 Å². The second kappa shape index (κ2) is 7.20. The maximum absolute atomic E-state index is 12.8. The normalized spacial score (nSPS) is 11.9. The largest absolute Gasteiger partial charge is 0.338 e. The zero-order valence-corrected chi connectivity index (χ0v) is 14.6. The number of benzene rings is 1. The quantitative estimate of drug-likeness (QED) is 0.569. The first-order valence-corrected chi connectivity index (χ1v) is 8.41. The van der Waals surface area contributed by atoms with Crippen molar-refractivity contribution in [2.45, 2.75) is 13.0 Å². The summed E-state index contributed by atoms with van der Waals surface area (Å²) in [5, 5.41) is 14.1. The molecular weight excluding hydrogens is 342 g/mol. The van der Waals surface area contributed by atoms with Crippen molar-refractivity contribution in [2.75, 3.05) is 0 Å². The third-order valence-corrected chi connectivity index (χ3v) is 4.03. The summed E-state index contributed by atoms with van der Waals surface area (Å²) in [6, 6.07) is 14.4. The average Bonchev–Trinajstić information content (AvgIpc) is 3.39. The predicted molar refractivity (Wildman–Crippen MR) is 98.2 cm³/mol. The van der Waals surface area contributed by atoms with Crippen molar-refractivity contribution < 1.29 is 4.79 Å². The molecule has 1 aromatic carbocycles. The molecule has 0 radical (unpaired) electrons. The van der Waals surface area contributed by atoms with Gasteiger partial charge in [-0.1, -0.05) is 30.3 Å². The Kier molecular flexibility index (Phi) is 4.44. The number of nitrogens with one attached hydrogen (secondary N) is 2. The lowest BCUT2D eigenvalue weighted by Gasteiger charge is -2.16. The van der Waals surface area contributed by atoms with Crippen LogP contribution in [-0.4, -0.2) is 35.9 Å². The van der Waals surface area contributed by atoms with E-state index in [0.717, 1.165) is 5.56 Å². The van der Waals surface area contributed by atoms with Crippen LogP contribution in [0.25, 0.3) is 5.82 Å². The number of carbonyl (C=O) groups excluding carboxylic acids is 1. The maximum Gasteiger partial charge on any atom is 0.253 e. The molecule has 8 heteroatoms. The highest BCUT2D eigenvalue weighted by Crippen LogP contribution is 2.19. The average molecular weight is 359 g/mol. The van der Waals surface area contributed by atoms with Gasteiger partial charge in [-0.2, -0.15) is 10.2 Å². The number of pyridine rings is 1. The molecule has 0 fully saturated rings. The van der Waals surface area contributed by atoms with Gasteiger partial charge >= 0.3 is 0 Å². The number of aryl methyl sites for hydroxylation is 1. The van der Waals surface area contributed by atoms with Crippen LogP contribution in [-0.2, 0) is 0 Å². The molecule has 0 aliphatic carbocycles. The van der Waals surface area contributed by atoms with Gasteiger partial charge in [-0.15, -0.1) is 0 Å². The highest BCUT2D eigenvalue weighted by molar-refractivity contribution is 5.94. The van der Waals surface area contributed by atoms with Crippen LogP contribution >= 0.6 is 0 Å². The van der Waals surface area contributed by atoms with E-state index >= 15 is 0 Å². The fourth-order valence-corrected chi connectivity index (χ4v) is 2.71. The number of rotatable bonds is 5. The molecule has 1 amide bonds. The van der Waals surface area contributed by atoms with Gasteiger partial charge in [-0.05, 0) is 30.7 Å². The van der Waals surface area contributed by atoms with E-state index in [0.29, 0.717) is 23.0 Å². The van der Waals surface area contributed by atoms with Crippen LogP contribution in [0.3, 0.4) is 0 Å². The van der Waals surface area contributed by atoms with Crippen molar-refractivity contribution in [1.82, 2.24) is 35.3 Å². The summed E-state index contributed by atoms with van der Waals surface area (Å²) in [6.45, 7) is 1.82. The first-order valence-electron chi connectivity index (χ1n) is 8.41. The monoisotopic (exact) mass is 359 g/mol. The third-order valence-electron chi connectivity index (χ3n) is 4.03. The summed E-state index contributed by atoms with van der Waals surface area (Å²) in [4.78, 5) is 21.4. The van der Waals surface area contributed by atoms with Gasteiger partial charge in [0.25, 0.3) is 5.91 Å². The third kappa shape index (κ3) is 3.59. The topological polar surface area (TPSA) is 101 Å². The number of aromatic nitrogens is 6. The lowest BCUT2D eigenvalue weighted by Crippen LogP contribution is -2.30. The van der Waals surface area contributed by atoms with E-state index in [9.17, 15) is 4.79 Å². The molecule has 134 valence electrons. The summed E-state index contributed by atoms with van der Waals surface area (Å²) in [7, 11) is 0. The molecule has 4 aromatic rings. The highest BCUT2D eigenvalue weighted by Gasteiger charge is 2.21. The molecule has 4 rings (SSSR count). The fraction of sp³-hybridized carbons (Fsp3) is 0.105. The number of aromatic amines is 1. The maximum atomic E-state index is 12.8. The van der Waals surface area contributed by atoms with Crippen LogP contribution in [0.4, 0.5) is 0 Å². The summed E-state index contributed by atoms with van der Waals surface area (Å²) < 4.78 is 1.63. The van der Waals surface area contributed by atoms with E-state index in [4.69, 9.17) is 0 Å². The number of H-pyrrole nitrogens is 1. The number of hydrogen-bond acceptors (Lipinski definition) is 5. The molecule has 8 nitrogen and oxygen atoms in total. The van der Waals surface area contributed by atoms with Crippen LogP contribution in [0.2, 0.25) is 0 Å². The molecule has 27 heavy (non-hydrogen) atoms. The van der Waals surface area contributed by atoms with E-state index in [1.165, 1.54) is 6.20 Å². The van der Waals surface area contributed by atoms with E-state index < -0.39 is 6.04 Å². The van der Waals surface area contributed by atoms with Crippen molar-refractivity contribution >= 4 is 5.91 Å². The van der Waals surface area contributed by atoms with Crippen molar-refractivity contribution in [3.05, 3.63) is 89.9 Å². The first-order chi connectivity index (χ1) is 13.2. The summed E-state index contributed by atoms with van der Waals surface area (Å²) in [6.07, 6.45) is 4.99. The minimum atomic E-state index is -0.463. The predicted octanol–water partition coefficient (Wildman–Crippen LogP) is 2.21. The van der Waals surface area contributed by atoms with Gasteiger partial charge in [0.2, 0.25) is 0 Å². The van der Waals surface area contributed by atoms with Gasteiger partial charge in [0.05, 0.1) is 5.56 Å². The van der Waals surface area contributed by atoms with Crippen LogP contribution in [0.1, 0.15) is 33.6 Å². The second-order valence-electron chi connectivity index (χ2n) is 5.95. The zero-order chi connectivity index (χ0) is 18.6. The van der Waals surface area contributed by atoms with Crippen LogP contribution < -0.4 is 5.32 Å². The Balaban J connectivity index is 1.58. The number of nitrogens with zero attached hydrogens (tertiary/aromatic N) is 5. The Labute approximate surface area is 155 Å². The Hall–Kier alpha value is -3.81. The summed E-state index contributed by atoms with van der Waals surface area (Å²) in [5.41, 5.74) is 1.34. The number of amides is 1. The molecular formula is C19H17N7O. The molecule has 3 heterocycles.